The third-order valence-corrected chi connectivity index (χ3v) is 4.03. The van der Waals surface area contributed by atoms with Gasteiger partial charge in [-0.15, -0.1) is 11.3 Å². The number of hydrogen-bond acceptors (Lipinski definition) is 4. The molecule has 122 valence electrons. The van der Waals surface area contributed by atoms with Gasteiger partial charge in [0, 0.05) is 24.8 Å². The quantitative estimate of drug-likeness (QED) is 0.574. The summed E-state index contributed by atoms with van der Waals surface area (Å²) in [6, 6.07) is 3.48. The van der Waals surface area contributed by atoms with Gasteiger partial charge in [-0.2, -0.15) is 0 Å². The second kappa shape index (κ2) is 9.94. The number of carbonyl (C=O) groups excluding carboxylic acids is 2. The molecule has 0 aliphatic heterocycles. The first-order chi connectivity index (χ1) is 10.5. The van der Waals surface area contributed by atoms with Crippen LogP contribution >= 0.6 is 11.3 Å². The fraction of sp³-hybridized carbons (Fsp3) is 0.533. The van der Waals surface area contributed by atoms with E-state index < -0.39 is 5.97 Å². The van der Waals surface area contributed by atoms with E-state index in [4.69, 9.17) is 5.11 Å². The summed E-state index contributed by atoms with van der Waals surface area (Å²) in [4.78, 5) is 34.5. The van der Waals surface area contributed by atoms with E-state index in [9.17, 15) is 14.4 Å². The molecular weight excluding hydrogens is 304 g/mol. The van der Waals surface area contributed by atoms with Crippen LogP contribution in [-0.2, 0) is 14.4 Å². The largest absolute Gasteiger partial charge is 0.481 e. The minimum absolute atomic E-state index is 0.120. The van der Waals surface area contributed by atoms with Crippen LogP contribution in [-0.4, -0.2) is 29.4 Å². The molecule has 0 aliphatic carbocycles. The van der Waals surface area contributed by atoms with Crippen molar-refractivity contribution in [3.05, 3.63) is 22.4 Å². The van der Waals surface area contributed by atoms with Crippen LogP contribution in [0.1, 0.15) is 49.9 Å². The SMILES string of the molecule is CC(=O)NC(CC(=O)NCCCCCC(=O)O)c1cccs1. The van der Waals surface area contributed by atoms with E-state index in [1.807, 2.05) is 17.5 Å². The Morgan fingerprint density at radius 3 is 2.64 bits per heavy atom. The lowest BCUT2D eigenvalue weighted by molar-refractivity contribution is -0.137. The predicted octanol–water partition coefficient (Wildman–Crippen LogP) is 2.08. The van der Waals surface area contributed by atoms with Gasteiger partial charge in [0.05, 0.1) is 12.5 Å². The van der Waals surface area contributed by atoms with Gasteiger partial charge >= 0.3 is 5.97 Å². The highest BCUT2D eigenvalue weighted by Crippen LogP contribution is 2.21. The molecule has 0 saturated carbocycles. The summed E-state index contributed by atoms with van der Waals surface area (Å²) in [5, 5.41) is 16.0. The number of carboxylic acid groups (broad SMARTS) is 1. The molecule has 0 spiro atoms. The molecule has 0 aliphatic rings. The topological polar surface area (TPSA) is 95.5 Å². The summed E-state index contributed by atoms with van der Waals surface area (Å²) in [5.41, 5.74) is 0. The van der Waals surface area contributed by atoms with E-state index >= 15 is 0 Å². The molecular formula is C15H22N2O4S. The van der Waals surface area contributed by atoms with E-state index in [0.717, 1.165) is 17.7 Å². The maximum Gasteiger partial charge on any atom is 0.303 e. The number of thiophene rings is 1. The highest BCUT2D eigenvalue weighted by Gasteiger charge is 2.17. The van der Waals surface area contributed by atoms with E-state index in [2.05, 4.69) is 10.6 Å². The Morgan fingerprint density at radius 1 is 1.27 bits per heavy atom. The fourth-order valence-electron chi connectivity index (χ4n) is 2.02. The van der Waals surface area contributed by atoms with Gasteiger partial charge in [0.25, 0.3) is 0 Å². The lowest BCUT2D eigenvalue weighted by atomic mass is 10.1. The average Bonchev–Trinajstić information content (AvgIpc) is 2.95. The smallest absolute Gasteiger partial charge is 0.303 e. The summed E-state index contributed by atoms with van der Waals surface area (Å²) in [7, 11) is 0. The minimum atomic E-state index is -0.793. The highest BCUT2D eigenvalue weighted by molar-refractivity contribution is 7.10. The maximum absolute atomic E-state index is 11.9. The first-order valence-electron chi connectivity index (χ1n) is 7.28. The van der Waals surface area contributed by atoms with E-state index in [0.29, 0.717) is 13.0 Å². The van der Waals surface area contributed by atoms with Crippen LogP contribution in [0.5, 0.6) is 0 Å². The molecule has 0 bridgehead atoms. The molecule has 22 heavy (non-hydrogen) atoms. The second-order valence-corrected chi connectivity index (χ2v) is 6.01. The molecule has 3 N–H and O–H groups in total. The number of hydrogen-bond donors (Lipinski definition) is 3. The van der Waals surface area contributed by atoms with Gasteiger partial charge in [-0.3, -0.25) is 14.4 Å². The van der Waals surface area contributed by atoms with Crippen molar-refractivity contribution in [1.82, 2.24) is 10.6 Å². The third kappa shape index (κ3) is 7.78. The van der Waals surface area contributed by atoms with Gasteiger partial charge in [-0.1, -0.05) is 12.5 Å². The maximum atomic E-state index is 11.9. The van der Waals surface area contributed by atoms with Crippen LogP contribution < -0.4 is 10.6 Å². The summed E-state index contributed by atoms with van der Waals surface area (Å²) < 4.78 is 0. The van der Waals surface area contributed by atoms with Gasteiger partial charge in [0.15, 0.2) is 0 Å². The minimum Gasteiger partial charge on any atom is -0.481 e. The molecule has 1 unspecified atom stereocenters. The fourth-order valence-corrected chi connectivity index (χ4v) is 2.80. The van der Waals surface area contributed by atoms with Crippen LogP contribution in [0.2, 0.25) is 0 Å². The van der Waals surface area contributed by atoms with Crippen molar-refractivity contribution in [3.63, 3.8) is 0 Å². The van der Waals surface area contributed by atoms with Gasteiger partial charge < -0.3 is 15.7 Å². The van der Waals surface area contributed by atoms with E-state index in [1.165, 1.54) is 18.3 Å². The van der Waals surface area contributed by atoms with Gasteiger partial charge in [0.1, 0.15) is 0 Å². The van der Waals surface area contributed by atoms with Crippen molar-refractivity contribution in [2.24, 2.45) is 0 Å². The Balaban J connectivity index is 2.28. The molecule has 7 heteroatoms. The summed E-state index contributed by atoms with van der Waals surface area (Å²) >= 11 is 1.50. The molecule has 1 aromatic rings. The number of carbonyl (C=O) groups is 3. The third-order valence-electron chi connectivity index (χ3n) is 3.04. The van der Waals surface area contributed by atoms with Crippen molar-refractivity contribution >= 4 is 29.1 Å². The Morgan fingerprint density at radius 2 is 2.05 bits per heavy atom. The van der Waals surface area contributed by atoms with Crippen LogP contribution in [0.3, 0.4) is 0 Å². The number of aliphatic carboxylic acids is 1. The zero-order valence-electron chi connectivity index (χ0n) is 12.6. The second-order valence-electron chi connectivity index (χ2n) is 5.03. The Bertz CT molecular complexity index is 488. The van der Waals surface area contributed by atoms with E-state index in [1.54, 1.807) is 0 Å². The Kier molecular flexibility index (Phi) is 8.21. The first-order valence-corrected chi connectivity index (χ1v) is 8.16. The van der Waals surface area contributed by atoms with Crippen molar-refractivity contribution in [2.75, 3.05) is 6.54 Å². The number of amides is 2. The van der Waals surface area contributed by atoms with Crippen LogP contribution in [0.4, 0.5) is 0 Å². The summed E-state index contributed by atoms with van der Waals surface area (Å²) in [6.07, 6.45) is 2.51. The summed E-state index contributed by atoms with van der Waals surface area (Å²) in [6.45, 7) is 1.96. The zero-order chi connectivity index (χ0) is 16.4. The number of unbranched alkanes of at least 4 members (excludes halogenated alkanes) is 2. The predicted molar refractivity (Wildman–Crippen MR) is 84.6 cm³/mol. The van der Waals surface area contributed by atoms with Crippen molar-refractivity contribution in [2.45, 2.75) is 45.1 Å². The molecule has 6 nitrogen and oxygen atoms in total. The zero-order valence-corrected chi connectivity index (χ0v) is 13.4. The number of rotatable bonds is 10. The normalized spacial score (nSPS) is 11.7. The molecule has 2 amide bonds. The van der Waals surface area contributed by atoms with Crippen LogP contribution in [0, 0.1) is 0 Å². The van der Waals surface area contributed by atoms with Crippen molar-refractivity contribution in [1.29, 1.82) is 0 Å². The molecule has 1 atom stereocenters. The lowest BCUT2D eigenvalue weighted by Gasteiger charge is -2.16. The van der Waals surface area contributed by atoms with Crippen molar-refractivity contribution < 1.29 is 19.5 Å². The van der Waals surface area contributed by atoms with Crippen LogP contribution in [0.15, 0.2) is 17.5 Å². The monoisotopic (exact) mass is 326 g/mol. The average molecular weight is 326 g/mol. The summed E-state index contributed by atoms with van der Waals surface area (Å²) in [5.74, 6) is -1.08. The van der Waals surface area contributed by atoms with Gasteiger partial charge in [0.2, 0.25) is 11.8 Å². The number of carboxylic acids is 1. The molecule has 0 radical (unpaired) electrons. The molecule has 0 aromatic carbocycles. The van der Waals surface area contributed by atoms with E-state index in [-0.39, 0.29) is 30.7 Å². The molecule has 1 heterocycles. The molecule has 1 rings (SSSR count). The lowest BCUT2D eigenvalue weighted by Crippen LogP contribution is -2.32. The highest BCUT2D eigenvalue weighted by atomic mass is 32.1. The standard InChI is InChI=1S/C15H22N2O4S/c1-11(18)17-12(13-6-5-9-22-13)10-14(19)16-8-4-2-3-7-15(20)21/h5-6,9,12H,2-4,7-8,10H2,1H3,(H,16,19)(H,17,18)(H,20,21). The Labute approximate surface area is 133 Å². The van der Waals surface area contributed by atoms with Gasteiger partial charge in [-0.05, 0) is 24.3 Å². The Hall–Kier alpha value is -1.89. The van der Waals surface area contributed by atoms with Crippen LogP contribution in [0.25, 0.3) is 0 Å². The molecule has 1 aromatic heterocycles. The first kappa shape index (κ1) is 18.2. The van der Waals surface area contributed by atoms with Gasteiger partial charge in [-0.25, -0.2) is 0 Å². The number of nitrogens with one attached hydrogen (secondary N) is 2. The molecule has 0 fully saturated rings. The molecule has 0 saturated heterocycles. The van der Waals surface area contributed by atoms with Crippen molar-refractivity contribution in [3.8, 4) is 0 Å².